The smallest absolute Gasteiger partial charge is 0.326 e. The summed E-state index contributed by atoms with van der Waals surface area (Å²) in [6.45, 7) is 5.00. The summed E-state index contributed by atoms with van der Waals surface area (Å²) >= 11 is 11.9. The average molecular weight is 416 g/mol. The number of sulfonamides is 1. The topological polar surface area (TPSA) is 63.7 Å². The van der Waals surface area contributed by atoms with E-state index in [2.05, 4.69) is 0 Å². The van der Waals surface area contributed by atoms with Gasteiger partial charge in [0.1, 0.15) is 6.54 Å². The number of nitrogens with zero attached hydrogens (tertiary/aromatic N) is 1. The molecule has 0 bridgehead atoms. The van der Waals surface area contributed by atoms with Gasteiger partial charge in [-0.3, -0.25) is 9.10 Å². The van der Waals surface area contributed by atoms with Crippen LogP contribution < -0.4 is 4.31 Å². The number of aryl methyl sites for hydroxylation is 2. The van der Waals surface area contributed by atoms with E-state index in [-0.39, 0.29) is 21.5 Å². The Morgan fingerprint density at radius 1 is 1.08 bits per heavy atom. The van der Waals surface area contributed by atoms with Gasteiger partial charge in [-0.25, -0.2) is 8.42 Å². The first-order valence-corrected chi connectivity index (χ1v) is 10.1. The molecule has 0 aliphatic rings. The van der Waals surface area contributed by atoms with Crippen LogP contribution in [0.25, 0.3) is 0 Å². The van der Waals surface area contributed by atoms with Gasteiger partial charge in [0, 0.05) is 0 Å². The molecule has 0 N–H and O–H groups in total. The van der Waals surface area contributed by atoms with E-state index < -0.39 is 22.5 Å². The zero-order chi connectivity index (χ0) is 19.5. The molecule has 0 radical (unpaired) electrons. The van der Waals surface area contributed by atoms with Gasteiger partial charge in [-0.1, -0.05) is 35.3 Å². The van der Waals surface area contributed by atoms with Crippen molar-refractivity contribution in [3.8, 4) is 0 Å². The molecule has 0 unspecified atom stereocenters. The Kier molecular flexibility index (Phi) is 6.55. The van der Waals surface area contributed by atoms with Gasteiger partial charge in [0.15, 0.2) is 0 Å². The standard InChI is InChI=1S/C18H19Cl2NO4S/c1-4-25-18(22)11-21(17-9-12(2)5-6-13(17)3)26(23,24)14-7-8-15(19)16(20)10-14/h5-10H,4,11H2,1-3H3. The number of carbonyl (C=O) groups excluding carboxylic acids is 1. The lowest BCUT2D eigenvalue weighted by molar-refractivity contribution is -0.141. The van der Waals surface area contributed by atoms with Gasteiger partial charge in [0.2, 0.25) is 0 Å². The number of ether oxygens (including phenoxy) is 1. The third-order valence-electron chi connectivity index (χ3n) is 3.69. The average Bonchev–Trinajstić information content (AvgIpc) is 2.57. The Hall–Kier alpha value is -1.76. The highest BCUT2D eigenvalue weighted by molar-refractivity contribution is 7.92. The second-order valence-corrected chi connectivity index (χ2v) is 8.36. The minimum absolute atomic E-state index is 0.0582. The summed E-state index contributed by atoms with van der Waals surface area (Å²) in [5, 5.41) is 0.360. The lowest BCUT2D eigenvalue weighted by Crippen LogP contribution is -2.37. The number of hydrogen-bond donors (Lipinski definition) is 0. The van der Waals surface area contributed by atoms with Crippen molar-refractivity contribution >= 4 is 44.9 Å². The first kappa shape index (κ1) is 20.6. The molecular formula is C18H19Cl2NO4S. The van der Waals surface area contributed by atoms with Gasteiger partial charge in [-0.05, 0) is 56.2 Å². The van der Waals surface area contributed by atoms with Gasteiger partial charge in [0.05, 0.1) is 27.2 Å². The molecule has 2 rings (SSSR count). The van der Waals surface area contributed by atoms with Gasteiger partial charge in [0.25, 0.3) is 10.0 Å². The van der Waals surface area contributed by atoms with E-state index in [4.69, 9.17) is 27.9 Å². The van der Waals surface area contributed by atoms with E-state index in [0.717, 1.165) is 9.87 Å². The van der Waals surface area contributed by atoms with E-state index in [9.17, 15) is 13.2 Å². The first-order chi connectivity index (χ1) is 12.2. The molecule has 0 fully saturated rings. The van der Waals surface area contributed by atoms with Crippen LogP contribution in [0.4, 0.5) is 5.69 Å². The molecule has 2 aromatic carbocycles. The van der Waals surface area contributed by atoms with Crippen molar-refractivity contribution in [2.24, 2.45) is 0 Å². The molecular weight excluding hydrogens is 397 g/mol. The molecule has 26 heavy (non-hydrogen) atoms. The zero-order valence-corrected chi connectivity index (χ0v) is 17.0. The molecule has 0 aliphatic heterocycles. The molecule has 2 aromatic rings. The molecule has 0 atom stereocenters. The van der Waals surface area contributed by atoms with E-state index in [1.54, 1.807) is 26.0 Å². The van der Waals surface area contributed by atoms with E-state index in [1.165, 1.54) is 18.2 Å². The number of rotatable bonds is 6. The maximum absolute atomic E-state index is 13.2. The molecule has 0 spiro atoms. The number of anilines is 1. The molecule has 0 saturated carbocycles. The SMILES string of the molecule is CCOC(=O)CN(c1cc(C)ccc1C)S(=O)(=O)c1ccc(Cl)c(Cl)c1. The molecule has 5 nitrogen and oxygen atoms in total. The van der Waals surface area contributed by atoms with Crippen molar-refractivity contribution in [1.82, 2.24) is 0 Å². The fourth-order valence-corrected chi connectivity index (χ4v) is 4.23. The number of carbonyl (C=O) groups is 1. The molecule has 0 aromatic heterocycles. The fraction of sp³-hybridized carbons (Fsp3) is 0.278. The fourth-order valence-electron chi connectivity index (χ4n) is 2.38. The van der Waals surface area contributed by atoms with E-state index >= 15 is 0 Å². The minimum atomic E-state index is -4.06. The second kappa shape index (κ2) is 8.29. The number of esters is 1. The van der Waals surface area contributed by atoms with E-state index in [1.807, 2.05) is 13.0 Å². The van der Waals surface area contributed by atoms with Crippen LogP contribution in [-0.2, 0) is 19.6 Å². The second-order valence-electron chi connectivity index (χ2n) is 5.68. The summed E-state index contributed by atoms with van der Waals surface area (Å²) < 4.78 is 32.4. The quantitative estimate of drug-likeness (QED) is 0.656. The zero-order valence-electron chi connectivity index (χ0n) is 14.6. The van der Waals surface area contributed by atoms with Gasteiger partial charge in [-0.15, -0.1) is 0 Å². The van der Waals surface area contributed by atoms with Crippen molar-refractivity contribution in [3.63, 3.8) is 0 Å². The lowest BCUT2D eigenvalue weighted by atomic mass is 10.1. The molecule has 0 heterocycles. The molecule has 0 aliphatic carbocycles. The first-order valence-electron chi connectivity index (χ1n) is 7.87. The molecule has 8 heteroatoms. The summed E-state index contributed by atoms with van der Waals surface area (Å²) in [6, 6.07) is 9.40. The number of benzene rings is 2. The highest BCUT2D eigenvalue weighted by Crippen LogP contribution is 2.31. The Labute approximate surface area is 163 Å². The summed E-state index contributed by atoms with van der Waals surface area (Å²) in [5.41, 5.74) is 1.98. The van der Waals surface area contributed by atoms with Crippen LogP contribution in [0.2, 0.25) is 10.0 Å². The van der Waals surface area contributed by atoms with E-state index in [0.29, 0.717) is 11.3 Å². The van der Waals surface area contributed by atoms with Crippen molar-refractivity contribution in [1.29, 1.82) is 0 Å². The summed E-state index contributed by atoms with van der Waals surface area (Å²) in [5.74, 6) is -0.642. The summed E-state index contributed by atoms with van der Waals surface area (Å²) in [4.78, 5) is 12.0. The van der Waals surface area contributed by atoms with Crippen LogP contribution in [0.15, 0.2) is 41.3 Å². The molecule has 0 saturated heterocycles. The predicted octanol–water partition coefficient (Wildman–Crippen LogP) is 4.37. The molecule has 140 valence electrons. The Morgan fingerprint density at radius 2 is 1.77 bits per heavy atom. The normalized spacial score (nSPS) is 11.3. The largest absolute Gasteiger partial charge is 0.465 e. The van der Waals surface area contributed by atoms with Gasteiger partial charge in [-0.2, -0.15) is 0 Å². The number of hydrogen-bond acceptors (Lipinski definition) is 4. The maximum Gasteiger partial charge on any atom is 0.326 e. The van der Waals surface area contributed by atoms with Crippen molar-refractivity contribution in [3.05, 3.63) is 57.6 Å². The lowest BCUT2D eigenvalue weighted by Gasteiger charge is -2.25. The Bertz CT molecular complexity index is 929. The van der Waals surface area contributed by atoms with Gasteiger partial charge < -0.3 is 4.74 Å². The molecule has 0 amide bonds. The van der Waals surface area contributed by atoms with Crippen LogP contribution in [0.3, 0.4) is 0 Å². The highest BCUT2D eigenvalue weighted by Gasteiger charge is 2.29. The maximum atomic E-state index is 13.2. The third-order valence-corrected chi connectivity index (χ3v) is 6.19. The minimum Gasteiger partial charge on any atom is -0.465 e. The Morgan fingerprint density at radius 3 is 2.38 bits per heavy atom. The third kappa shape index (κ3) is 4.50. The van der Waals surface area contributed by atoms with Crippen LogP contribution >= 0.6 is 23.2 Å². The van der Waals surface area contributed by atoms with Crippen molar-refractivity contribution in [2.75, 3.05) is 17.5 Å². The van der Waals surface area contributed by atoms with Gasteiger partial charge >= 0.3 is 5.97 Å². The van der Waals surface area contributed by atoms with Crippen LogP contribution in [0.1, 0.15) is 18.1 Å². The van der Waals surface area contributed by atoms with Crippen LogP contribution in [0, 0.1) is 13.8 Å². The summed E-state index contributed by atoms with van der Waals surface area (Å²) in [6.07, 6.45) is 0. The predicted molar refractivity (Wildman–Crippen MR) is 104 cm³/mol. The number of halogens is 2. The monoisotopic (exact) mass is 415 g/mol. The van der Waals surface area contributed by atoms with Crippen LogP contribution in [0.5, 0.6) is 0 Å². The summed E-state index contributed by atoms with van der Waals surface area (Å²) in [7, 11) is -4.06. The van der Waals surface area contributed by atoms with Crippen LogP contribution in [-0.4, -0.2) is 27.5 Å². The van der Waals surface area contributed by atoms with Crippen molar-refractivity contribution in [2.45, 2.75) is 25.7 Å². The highest BCUT2D eigenvalue weighted by atomic mass is 35.5. The van der Waals surface area contributed by atoms with Crippen molar-refractivity contribution < 1.29 is 17.9 Å². The Balaban J connectivity index is 2.59.